The maximum atomic E-state index is 12.3. The largest absolute Gasteiger partial charge is 0.493 e. The van der Waals surface area contributed by atoms with Crippen molar-refractivity contribution >= 4 is 5.91 Å². The zero-order valence-electron chi connectivity index (χ0n) is 13.6. The van der Waals surface area contributed by atoms with Gasteiger partial charge in [-0.15, -0.1) is 0 Å². The Bertz CT molecular complexity index is 735. The molecule has 1 fully saturated rings. The minimum atomic E-state index is -0.129. The van der Waals surface area contributed by atoms with Crippen LogP contribution in [0.4, 0.5) is 0 Å². The third-order valence-corrected chi connectivity index (χ3v) is 4.77. The Morgan fingerprint density at radius 1 is 1.25 bits per heavy atom. The molecule has 0 spiro atoms. The van der Waals surface area contributed by atoms with Crippen LogP contribution in [0, 0.1) is 0 Å². The van der Waals surface area contributed by atoms with Gasteiger partial charge in [0, 0.05) is 11.5 Å². The number of carbonyl (C=O) groups excluding carboxylic acids is 1. The lowest BCUT2D eigenvalue weighted by Crippen LogP contribution is -2.24. The highest BCUT2D eigenvalue weighted by molar-refractivity contribution is 5.94. The number of carbonyl (C=O) groups is 1. The topological polar surface area (TPSA) is 77.3 Å². The number of aromatic nitrogens is 2. The van der Waals surface area contributed by atoms with E-state index in [0.29, 0.717) is 23.2 Å². The van der Waals surface area contributed by atoms with Gasteiger partial charge in [-0.3, -0.25) is 4.79 Å². The van der Waals surface area contributed by atoms with Crippen molar-refractivity contribution in [2.75, 3.05) is 6.61 Å². The van der Waals surface area contributed by atoms with Crippen LogP contribution < -0.4 is 10.1 Å². The average molecular weight is 327 g/mol. The van der Waals surface area contributed by atoms with Crippen LogP contribution in [-0.2, 0) is 13.0 Å². The molecule has 0 bridgehead atoms. The number of rotatable bonds is 4. The lowest BCUT2D eigenvalue weighted by atomic mass is 10.0. The van der Waals surface area contributed by atoms with Crippen molar-refractivity contribution in [3.05, 3.63) is 41.0 Å². The maximum absolute atomic E-state index is 12.3. The van der Waals surface area contributed by atoms with Gasteiger partial charge in [0.15, 0.2) is 5.82 Å². The number of hydrogen-bond acceptors (Lipinski definition) is 5. The lowest BCUT2D eigenvalue weighted by molar-refractivity contribution is 0.0949. The van der Waals surface area contributed by atoms with Gasteiger partial charge in [0.05, 0.1) is 13.2 Å². The van der Waals surface area contributed by atoms with Crippen LogP contribution in [-0.4, -0.2) is 22.7 Å². The SMILES string of the molecule is O=C(NCc1noc(C2CCCC2)n1)c1ccc2c(c1)CCCO2. The quantitative estimate of drug-likeness (QED) is 0.934. The fraction of sp³-hybridized carbons (Fsp3) is 0.500. The van der Waals surface area contributed by atoms with Gasteiger partial charge in [-0.05, 0) is 49.4 Å². The van der Waals surface area contributed by atoms with Crippen molar-refractivity contribution in [2.45, 2.75) is 51.0 Å². The molecule has 2 aliphatic rings. The molecule has 1 amide bonds. The fourth-order valence-corrected chi connectivity index (χ4v) is 3.44. The Balaban J connectivity index is 1.38. The summed E-state index contributed by atoms with van der Waals surface area (Å²) in [6.07, 6.45) is 6.62. The van der Waals surface area contributed by atoms with E-state index in [4.69, 9.17) is 9.26 Å². The van der Waals surface area contributed by atoms with Crippen LogP contribution in [0.3, 0.4) is 0 Å². The summed E-state index contributed by atoms with van der Waals surface area (Å²) in [5, 5.41) is 6.84. The van der Waals surface area contributed by atoms with E-state index in [0.717, 1.165) is 43.6 Å². The van der Waals surface area contributed by atoms with Crippen LogP contribution in [0.1, 0.15) is 65.7 Å². The molecule has 1 N–H and O–H groups in total. The number of benzene rings is 1. The van der Waals surface area contributed by atoms with E-state index >= 15 is 0 Å². The van der Waals surface area contributed by atoms with E-state index in [1.165, 1.54) is 12.8 Å². The van der Waals surface area contributed by atoms with Crippen LogP contribution in [0.5, 0.6) is 5.75 Å². The first-order valence-corrected chi connectivity index (χ1v) is 8.66. The van der Waals surface area contributed by atoms with E-state index in [2.05, 4.69) is 15.5 Å². The molecule has 1 aliphatic heterocycles. The van der Waals surface area contributed by atoms with Crippen molar-refractivity contribution in [1.82, 2.24) is 15.5 Å². The van der Waals surface area contributed by atoms with E-state index in [-0.39, 0.29) is 12.5 Å². The molecule has 0 unspecified atom stereocenters. The number of ether oxygens (including phenoxy) is 1. The van der Waals surface area contributed by atoms with Crippen molar-refractivity contribution in [2.24, 2.45) is 0 Å². The van der Waals surface area contributed by atoms with Gasteiger partial charge in [-0.1, -0.05) is 18.0 Å². The van der Waals surface area contributed by atoms with Gasteiger partial charge < -0.3 is 14.6 Å². The zero-order valence-corrected chi connectivity index (χ0v) is 13.6. The van der Waals surface area contributed by atoms with Crippen molar-refractivity contribution in [1.29, 1.82) is 0 Å². The molecule has 6 heteroatoms. The molecule has 126 valence electrons. The summed E-state index contributed by atoms with van der Waals surface area (Å²) < 4.78 is 10.9. The number of amides is 1. The van der Waals surface area contributed by atoms with Crippen molar-refractivity contribution in [3.8, 4) is 5.75 Å². The molecule has 24 heavy (non-hydrogen) atoms. The van der Waals surface area contributed by atoms with Crippen LogP contribution in [0.25, 0.3) is 0 Å². The Kier molecular flexibility index (Phi) is 4.19. The highest BCUT2D eigenvalue weighted by Crippen LogP contribution is 2.32. The van der Waals surface area contributed by atoms with Gasteiger partial charge in [-0.25, -0.2) is 0 Å². The molecule has 6 nitrogen and oxygen atoms in total. The highest BCUT2D eigenvalue weighted by atomic mass is 16.5. The second kappa shape index (κ2) is 6.63. The van der Waals surface area contributed by atoms with Crippen LogP contribution in [0.15, 0.2) is 22.7 Å². The highest BCUT2D eigenvalue weighted by Gasteiger charge is 2.23. The molecule has 2 aromatic rings. The van der Waals surface area contributed by atoms with Crippen LogP contribution in [0.2, 0.25) is 0 Å². The molecular weight excluding hydrogens is 306 g/mol. The first-order chi connectivity index (χ1) is 11.8. The summed E-state index contributed by atoms with van der Waals surface area (Å²) in [5.41, 5.74) is 1.73. The minimum Gasteiger partial charge on any atom is -0.493 e. The average Bonchev–Trinajstić information content (AvgIpc) is 3.30. The Morgan fingerprint density at radius 2 is 2.12 bits per heavy atom. The number of hydrogen-bond donors (Lipinski definition) is 1. The molecule has 4 rings (SSSR count). The van der Waals surface area contributed by atoms with E-state index in [1.54, 1.807) is 6.07 Å². The Labute approximate surface area is 140 Å². The van der Waals surface area contributed by atoms with Gasteiger partial charge in [0.25, 0.3) is 5.91 Å². The smallest absolute Gasteiger partial charge is 0.251 e. The predicted molar refractivity (Wildman–Crippen MR) is 86.9 cm³/mol. The second-order valence-corrected chi connectivity index (χ2v) is 6.49. The third-order valence-electron chi connectivity index (χ3n) is 4.77. The molecular formula is C18H21N3O3. The Hall–Kier alpha value is -2.37. The normalized spacial score (nSPS) is 17.3. The maximum Gasteiger partial charge on any atom is 0.251 e. The number of aryl methyl sites for hydroxylation is 1. The molecule has 1 aromatic carbocycles. The molecule has 1 saturated carbocycles. The Morgan fingerprint density at radius 3 is 3.00 bits per heavy atom. The predicted octanol–water partition coefficient (Wildman–Crippen LogP) is 2.98. The van der Waals surface area contributed by atoms with Crippen LogP contribution >= 0.6 is 0 Å². The van der Waals surface area contributed by atoms with Gasteiger partial charge >= 0.3 is 0 Å². The standard InChI is InChI=1S/C18H21N3O3/c22-17(14-7-8-15-13(10-14)6-3-9-23-15)19-11-16-20-18(24-21-16)12-4-1-2-5-12/h7-8,10,12H,1-6,9,11H2,(H,19,22). The van der Waals surface area contributed by atoms with E-state index in [1.807, 2.05) is 12.1 Å². The molecule has 1 aromatic heterocycles. The molecule has 2 heterocycles. The number of fused-ring (bicyclic) bond motifs is 1. The molecule has 0 saturated heterocycles. The summed E-state index contributed by atoms with van der Waals surface area (Å²) in [5.74, 6) is 2.39. The van der Waals surface area contributed by atoms with E-state index < -0.39 is 0 Å². The third kappa shape index (κ3) is 3.13. The van der Waals surface area contributed by atoms with Crippen molar-refractivity contribution < 1.29 is 14.1 Å². The minimum absolute atomic E-state index is 0.129. The zero-order chi connectivity index (χ0) is 16.4. The molecule has 0 atom stereocenters. The summed E-state index contributed by atoms with van der Waals surface area (Å²) in [7, 11) is 0. The summed E-state index contributed by atoms with van der Waals surface area (Å²) in [6, 6.07) is 5.57. The molecule has 0 radical (unpaired) electrons. The number of nitrogens with one attached hydrogen (secondary N) is 1. The lowest BCUT2D eigenvalue weighted by Gasteiger charge is -2.17. The first-order valence-electron chi connectivity index (χ1n) is 8.66. The molecule has 1 aliphatic carbocycles. The summed E-state index contributed by atoms with van der Waals surface area (Å²) in [6.45, 7) is 1.03. The van der Waals surface area contributed by atoms with E-state index in [9.17, 15) is 4.79 Å². The van der Waals surface area contributed by atoms with Gasteiger partial charge in [0.1, 0.15) is 5.75 Å². The van der Waals surface area contributed by atoms with Crippen molar-refractivity contribution in [3.63, 3.8) is 0 Å². The summed E-state index contributed by atoms with van der Waals surface area (Å²) in [4.78, 5) is 16.7. The summed E-state index contributed by atoms with van der Waals surface area (Å²) >= 11 is 0. The fourth-order valence-electron chi connectivity index (χ4n) is 3.44. The monoisotopic (exact) mass is 327 g/mol. The van der Waals surface area contributed by atoms with Gasteiger partial charge in [-0.2, -0.15) is 4.98 Å². The second-order valence-electron chi connectivity index (χ2n) is 6.49. The first kappa shape index (κ1) is 15.2. The number of nitrogens with zero attached hydrogens (tertiary/aromatic N) is 2. The van der Waals surface area contributed by atoms with Gasteiger partial charge in [0.2, 0.25) is 5.89 Å².